The van der Waals surface area contributed by atoms with E-state index in [1.165, 1.54) is 43.7 Å². The minimum absolute atomic E-state index is 0.251. The molecule has 1 aromatic rings. The molecule has 0 aromatic heterocycles. The zero-order valence-corrected chi connectivity index (χ0v) is 14.1. The molecule has 0 radical (unpaired) electrons. The second-order valence-electron chi connectivity index (χ2n) is 6.82. The summed E-state index contributed by atoms with van der Waals surface area (Å²) in [7, 11) is -3.17. The van der Waals surface area contributed by atoms with Crippen LogP contribution >= 0.6 is 0 Å². The highest BCUT2D eigenvalue weighted by Gasteiger charge is 2.35. The lowest BCUT2D eigenvalue weighted by Gasteiger charge is -2.26. The van der Waals surface area contributed by atoms with Crippen molar-refractivity contribution in [2.24, 2.45) is 0 Å². The van der Waals surface area contributed by atoms with Gasteiger partial charge in [0.2, 0.25) is 0 Å². The van der Waals surface area contributed by atoms with Crippen LogP contribution in [0.3, 0.4) is 0 Å². The molecule has 2 heterocycles. The van der Waals surface area contributed by atoms with Crippen molar-refractivity contribution in [3.05, 3.63) is 30.3 Å². The van der Waals surface area contributed by atoms with Crippen molar-refractivity contribution >= 4 is 9.84 Å². The molecule has 2 saturated heterocycles. The minimum atomic E-state index is -3.17. The third kappa shape index (κ3) is 3.89. The van der Waals surface area contributed by atoms with E-state index in [4.69, 9.17) is 0 Å². The van der Waals surface area contributed by atoms with Crippen LogP contribution in [0.2, 0.25) is 0 Å². The first-order valence-electron chi connectivity index (χ1n) is 8.61. The van der Waals surface area contributed by atoms with Gasteiger partial charge in [0.15, 0.2) is 15.9 Å². The molecular weight excluding hydrogens is 296 g/mol. The Labute approximate surface area is 134 Å². The van der Waals surface area contributed by atoms with Crippen LogP contribution in [-0.4, -0.2) is 52.9 Å². The van der Waals surface area contributed by atoms with Crippen LogP contribution in [0.15, 0.2) is 35.2 Å². The van der Waals surface area contributed by atoms with Crippen molar-refractivity contribution in [1.29, 1.82) is 0 Å². The molecule has 22 heavy (non-hydrogen) atoms. The lowest BCUT2D eigenvalue weighted by Crippen LogP contribution is -3.22. The second kappa shape index (κ2) is 7.11. The smallest absolute Gasteiger partial charge is 0.184 e. The van der Waals surface area contributed by atoms with Gasteiger partial charge in [-0.2, -0.15) is 0 Å². The lowest BCUT2D eigenvalue weighted by atomic mass is 10.2. The van der Waals surface area contributed by atoms with Crippen LogP contribution < -0.4 is 9.80 Å². The van der Waals surface area contributed by atoms with Crippen molar-refractivity contribution in [1.82, 2.24) is 0 Å². The van der Waals surface area contributed by atoms with Crippen molar-refractivity contribution < 1.29 is 18.2 Å². The van der Waals surface area contributed by atoms with Crippen LogP contribution in [0.25, 0.3) is 0 Å². The number of nitrogens with one attached hydrogen (secondary N) is 2. The Morgan fingerprint density at radius 1 is 0.909 bits per heavy atom. The Hall–Kier alpha value is -0.910. The van der Waals surface area contributed by atoms with E-state index >= 15 is 0 Å². The minimum Gasteiger partial charge on any atom is -0.330 e. The molecule has 5 heteroatoms. The van der Waals surface area contributed by atoms with E-state index < -0.39 is 9.84 Å². The van der Waals surface area contributed by atoms with Crippen LogP contribution in [0.5, 0.6) is 0 Å². The van der Waals surface area contributed by atoms with E-state index in [0.29, 0.717) is 10.6 Å². The Balaban J connectivity index is 1.73. The summed E-state index contributed by atoms with van der Waals surface area (Å²) >= 11 is 0. The van der Waals surface area contributed by atoms with Crippen LogP contribution in [0.1, 0.15) is 25.7 Å². The van der Waals surface area contributed by atoms with E-state index in [1.807, 2.05) is 18.2 Å². The quantitative estimate of drug-likeness (QED) is 0.719. The van der Waals surface area contributed by atoms with Gasteiger partial charge in [-0.3, -0.25) is 0 Å². The van der Waals surface area contributed by atoms with E-state index in [9.17, 15) is 8.42 Å². The van der Waals surface area contributed by atoms with Gasteiger partial charge in [-0.1, -0.05) is 18.2 Å². The van der Waals surface area contributed by atoms with Gasteiger partial charge in [-0.15, -0.1) is 0 Å². The molecule has 0 spiro atoms. The fraction of sp³-hybridized carbons (Fsp3) is 0.647. The fourth-order valence-electron chi connectivity index (χ4n) is 3.97. The van der Waals surface area contributed by atoms with Crippen LogP contribution in [0.4, 0.5) is 0 Å². The van der Waals surface area contributed by atoms with Crippen molar-refractivity contribution in [3.63, 3.8) is 0 Å². The number of benzene rings is 1. The highest BCUT2D eigenvalue weighted by atomic mass is 32.2. The normalized spacial score (nSPS) is 22.2. The Kier molecular flexibility index (Phi) is 5.16. The molecule has 2 N–H and O–H groups in total. The third-order valence-corrected chi connectivity index (χ3v) is 7.02. The van der Waals surface area contributed by atoms with Gasteiger partial charge >= 0.3 is 0 Å². The zero-order valence-electron chi connectivity index (χ0n) is 13.3. The maximum Gasteiger partial charge on any atom is 0.184 e. The van der Waals surface area contributed by atoms with Gasteiger partial charge in [-0.05, 0) is 12.1 Å². The van der Waals surface area contributed by atoms with E-state index in [1.54, 1.807) is 17.0 Å². The van der Waals surface area contributed by atoms with E-state index in [2.05, 4.69) is 0 Å². The average molecular weight is 324 g/mol. The Morgan fingerprint density at radius 3 is 2.14 bits per heavy atom. The SMILES string of the molecule is O=S(=O)(C[C@H](C[NH+]1CCCC1)[NH+]1CCCC1)c1ccccc1. The van der Waals surface area contributed by atoms with Gasteiger partial charge in [0.25, 0.3) is 0 Å². The van der Waals surface area contributed by atoms with E-state index in [-0.39, 0.29) is 6.04 Å². The standard InChI is InChI=1S/C17H26N2O2S/c20-22(21,17-8-2-1-3-9-17)15-16(19-12-6-7-13-19)14-18-10-4-5-11-18/h1-3,8-9,16H,4-7,10-15H2/p+2/t16-/m0/s1. The summed E-state index contributed by atoms with van der Waals surface area (Å²) in [4.78, 5) is 3.60. The topological polar surface area (TPSA) is 43.0 Å². The summed E-state index contributed by atoms with van der Waals surface area (Å²) in [5.41, 5.74) is 0. The molecule has 0 bridgehead atoms. The van der Waals surface area contributed by atoms with Crippen molar-refractivity contribution in [2.45, 2.75) is 36.6 Å². The number of sulfone groups is 1. The molecule has 0 amide bonds. The number of hydrogen-bond donors (Lipinski definition) is 2. The maximum atomic E-state index is 12.8. The summed E-state index contributed by atoms with van der Waals surface area (Å²) < 4.78 is 25.5. The Morgan fingerprint density at radius 2 is 1.50 bits per heavy atom. The molecule has 122 valence electrons. The van der Waals surface area contributed by atoms with Crippen molar-refractivity contribution in [3.8, 4) is 0 Å². The highest BCUT2D eigenvalue weighted by Crippen LogP contribution is 2.11. The number of likely N-dealkylation sites (tertiary alicyclic amines) is 2. The van der Waals surface area contributed by atoms with Crippen LogP contribution in [-0.2, 0) is 9.84 Å². The molecule has 0 saturated carbocycles. The van der Waals surface area contributed by atoms with Gasteiger partial charge in [0, 0.05) is 25.7 Å². The molecule has 2 fully saturated rings. The van der Waals surface area contributed by atoms with Gasteiger partial charge in [0.05, 0.1) is 31.1 Å². The largest absolute Gasteiger partial charge is 0.330 e. The monoisotopic (exact) mass is 324 g/mol. The Bertz CT molecular complexity index is 562. The third-order valence-electron chi connectivity index (χ3n) is 5.19. The van der Waals surface area contributed by atoms with Gasteiger partial charge < -0.3 is 9.80 Å². The highest BCUT2D eigenvalue weighted by molar-refractivity contribution is 7.91. The van der Waals surface area contributed by atoms with Gasteiger partial charge in [0.1, 0.15) is 12.3 Å². The molecular formula is C17H28N2O2S+2. The average Bonchev–Trinajstić information content (AvgIpc) is 3.21. The number of rotatable bonds is 6. The summed E-state index contributed by atoms with van der Waals surface area (Å²) in [6, 6.07) is 9.22. The number of hydrogen-bond acceptors (Lipinski definition) is 2. The molecule has 2 aliphatic rings. The molecule has 1 atom stereocenters. The lowest BCUT2D eigenvalue weighted by molar-refractivity contribution is -0.963. The summed E-state index contributed by atoms with van der Waals surface area (Å²) in [5.74, 6) is 0.301. The number of quaternary nitrogens is 2. The first-order chi connectivity index (χ1) is 10.6. The molecule has 1 aromatic carbocycles. The molecule has 2 aliphatic heterocycles. The van der Waals surface area contributed by atoms with Gasteiger partial charge in [-0.25, -0.2) is 8.42 Å². The zero-order chi connectivity index (χ0) is 15.4. The maximum absolute atomic E-state index is 12.8. The summed E-state index contributed by atoms with van der Waals surface area (Å²) in [6.07, 6.45) is 5.07. The first-order valence-corrected chi connectivity index (χ1v) is 10.3. The predicted octanol–water partition coefficient (Wildman–Crippen LogP) is -0.814. The predicted molar refractivity (Wildman–Crippen MR) is 87.0 cm³/mol. The first kappa shape index (κ1) is 16.0. The second-order valence-corrected chi connectivity index (χ2v) is 8.85. The van der Waals surface area contributed by atoms with Crippen molar-refractivity contribution in [2.75, 3.05) is 38.5 Å². The molecule has 3 rings (SSSR count). The van der Waals surface area contributed by atoms with E-state index in [0.717, 1.165) is 19.6 Å². The summed E-state index contributed by atoms with van der Waals surface area (Å²) in [5, 5.41) is 0. The molecule has 0 aliphatic carbocycles. The van der Waals surface area contributed by atoms with Crippen LogP contribution in [0, 0.1) is 0 Å². The summed E-state index contributed by atoms with van der Waals surface area (Å²) in [6.45, 7) is 5.73. The fourth-order valence-corrected chi connectivity index (χ4v) is 5.62. The molecule has 4 nitrogen and oxygen atoms in total. The molecule has 0 unspecified atom stereocenters.